The molecule has 2 aromatic heterocycles. The van der Waals surface area contributed by atoms with Crippen molar-refractivity contribution in [2.75, 3.05) is 12.4 Å². The largest absolute Gasteiger partial charge is 0.387 e. The number of hydrogen-bond donors (Lipinski definition) is 1. The molecule has 0 fully saturated rings. The van der Waals surface area contributed by atoms with Gasteiger partial charge in [-0.25, -0.2) is 4.98 Å². The van der Waals surface area contributed by atoms with Gasteiger partial charge < -0.3 is 5.32 Å². The summed E-state index contributed by atoms with van der Waals surface area (Å²) in [4.78, 5) is 17.8. The molecule has 19 heavy (non-hydrogen) atoms. The van der Waals surface area contributed by atoms with Gasteiger partial charge in [0.2, 0.25) is 0 Å². The summed E-state index contributed by atoms with van der Waals surface area (Å²) >= 11 is 1.42. The Kier molecular flexibility index (Phi) is 9.26. The number of thiazole rings is 1. The number of aromatic nitrogens is 2. The van der Waals surface area contributed by atoms with Gasteiger partial charge in [0.15, 0.2) is 6.29 Å². The van der Waals surface area contributed by atoms with Crippen molar-refractivity contribution in [3.63, 3.8) is 0 Å². The van der Waals surface area contributed by atoms with Crippen LogP contribution in [0.15, 0.2) is 23.0 Å². The molecule has 0 radical (unpaired) electrons. The lowest BCUT2D eigenvalue weighted by molar-refractivity contribution is 0.111. The lowest BCUT2D eigenvalue weighted by Crippen LogP contribution is -1.94. The highest BCUT2D eigenvalue weighted by Crippen LogP contribution is 2.10. The first kappa shape index (κ1) is 17.2. The molecule has 104 valence electrons. The van der Waals surface area contributed by atoms with Crippen LogP contribution in [0.4, 0.5) is 5.69 Å². The Bertz CT molecular complexity index is 470. The van der Waals surface area contributed by atoms with Crippen LogP contribution in [0.2, 0.25) is 0 Å². The molecular weight excluding hydrogens is 258 g/mol. The zero-order valence-electron chi connectivity index (χ0n) is 12.1. The van der Waals surface area contributed by atoms with E-state index in [9.17, 15) is 4.79 Å². The normalized spacial score (nSPS) is 8.47. The second-order valence-corrected chi connectivity index (χ2v) is 4.09. The zero-order chi connectivity index (χ0) is 14.7. The van der Waals surface area contributed by atoms with Crippen LogP contribution in [0.3, 0.4) is 0 Å². The van der Waals surface area contributed by atoms with Crippen LogP contribution >= 0.6 is 11.3 Å². The second kappa shape index (κ2) is 10.2. The third-order valence-electron chi connectivity index (χ3n) is 2.07. The third-order valence-corrected chi connectivity index (χ3v) is 2.67. The molecule has 2 aromatic rings. The Morgan fingerprint density at radius 3 is 2.32 bits per heavy atom. The number of hydrogen-bond acceptors (Lipinski definition) is 5. The SMILES string of the molecule is CC.CNc1ccc(C)nc1C.O=Cc1cscn1. The van der Waals surface area contributed by atoms with Crippen LogP contribution in [-0.4, -0.2) is 23.3 Å². The standard InChI is InChI=1S/C8H12N2.C4H3NOS.C2H6/c1-6-4-5-8(9-3)7(2)10-6;6-1-4-2-7-3-5-4;1-2/h4-5,9H,1-3H3;1-3H;1-2H3. The summed E-state index contributed by atoms with van der Waals surface area (Å²) in [7, 11) is 1.90. The fourth-order valence-electron chi connectivity index (χ4n) is 1.23. The molecule has 0 saturated heterocycles. The number of nitrogens with zero attached hydrogens (tertiary/aromatic N) is 2. The van der Waals surface area contributed by atoms with Gasteiger partial charge >= 0.3 is 0 Å². The van der Waals surface area contributed by atoms with Crippen molar-refractivity contribution in [3.05, 3.63) is 40.1 Å². The fourth-order valence-corrected chi connectivity index (χ4v) is 1.73. The van der Waals surface area contributed by atoms with Crippen LogP contribution in [0, 0.1) is 13.8 Å². The minimum absolute atomic E-state index is 0.519. The van der Waals surface area contributed by atoms with Crippen molar-refractivity contribution in [1.29, 1.82) is 0 Å². The van der Waals surface area contributed by atoms with Gasteiger partial charge in [0.1, 0.15) is 5.69 Å². The molecule has 4 nitrogen and oxygen atoms in total. The molecule has 0 aliphatic carbocycles. The van der Waals surface area contributed by atoms with E-state index in [0.29, 0.717) is 5.69 Å². The maximum atomic E-state index is 9.81. The zero-order valence-corrected chi connectivity index (χ0v) is 12.9. The molecule has 5 heteroatoms. The van der Waals surface area contributed by atoms with Crippen LogP contribution in [0.5, 0.6) is 0 Å². The Labute approximate surface area is 118 Å². The molecular formula is C14H21N3OS. The van der Waals surface area contributed by atoms with Crippen molar-refractivity contribution in [2.45, 2.75) is 27.7 Å². The molecule has 0 aliphatic heterocycles. The van der Waals surface area contributed by atoms with Crippen LogP contribution in [0.25, 0.3) is 0 Å². The van der Waals surface area contributed by atoms with E-state index in [2.05, 4.69) is 15.3 Å². The van der Waals surface area contributed by atoms with Gasteiger partial charge in [0, 0.05) is 18.1 Å². The van der Waals surface area contributed by atoms with Crippen molar-refractivity contribution < 1.29 is 4.79 Å². The second-order valence-electron chi connectivity index (χ2n) is 3.37. The van der Waals surface area contributed by atoms with E-state index in [1.54, 1.807) is 10.9 Å². The monoisotopic (exact) mass is 279 g/mol. The molecule has 2 rings (SSSR count). The number of carbonyl (C=O) groups is 1. The van der Waals surface area contributed by atoms with Gasteiger partial charge in [-0.3, -0.25) is 9.78 Å². The predicted octanol–water partition coefficient (Wildman–Crippen LogP) is 3.72. The van der Waals surface area contributed by atoms with Gasteiger partial charge in [0.05, 0.1) is 16.9 Å². The Balaban J connectivity index is 0.000000316. The number of aldehydes is 1. The first-order valence-electron chi connectivity index (χ1n) is 6.12. The number of carbonyl (C=O) groups excluding carboxylic acids is 1. The van der Waals surface area contributed by atoms with Crippen molar-refractivity contribution in [1.82, 2.24) is 9.97 Å². The maximum Gasteiger partial charge on any atom is 0.169 e. The van der Waals surface area contributed by atoms with E-state index < -0.39 is 0 Å². The molecule has 0 unspecified atom stereocenters. The van der Waals surface area contributed by atoms with Crippen molar-refractivity contribution >= 4 is 23.3 Å². The van der Waals surface area contributed by atoms with Gasteiger partial charge in [-0.2, -0.15) is 0 Å². The van der Waals surface area contributed by atoms with Crippen LogP contribution in [0.1, 0.15) is 35.7 Å². The van der Waals surface area contributed by atoms with Gasteiger partial charge in [-0.05, 0) is 26.0 Å². The highest BCUT2D eigenvalue weighted by molar-refractivity contribution is 7.07. The van der Waals surface area contributed by atoms with E-state index in [1.807, 2.05) is 46.9 Å². The topological polar surface area (TPSA) is 54.9 Å². The molecule has 0 aromatic carbocycles. The molecule has 0 spiro atoms. The average Bonchev–Trinajstić information content (AvgIpc) is 2.95. The van der Waals surface area contributed by atoms with E-state index >= 15 is 0 Å². The minimum atomic E-state index is 0.519. The number of nitrogens with one attached hydrogen (secondary N) is 1. The lowest BCUT2D eigenvalue weighted by atomic mass is 10.3. The van der Waals surface area contributed by atoms with E-state index in [0.717, 1.165) is 23.4 Å². The van der Waals surface area contributed by atoms with Gasteiger partial charge in [0.25, 0.3) is 0 Å². The molecule has 0 aliphatic rings. The summed E-state index contributed by atoms with van der Waals surface area (Å²) in [5.74, 6) is 0. The van der Waals surface area contributed by atoms with Crippen LogP contribution in [-0.2, 0) is 0 Å². The Hall–Kier alpha value is -1.75. The fraction of sp³-hybridized carbons (Fsp3) is 0.357. The molecule has 1 N–H and O–H groups in total. The summed E-state index contributed by atoms with van der Waals surface area (Å²) in [6.45, 7) is 7.99. The molecule has 0 amide bonds. The number of rotatable bonds is 2. The van der Waals surface area contributed by atoms with Crippen molar-refractivity contribution in [2.24, 2.45) is 0 Å². The van der Waals surface area contributed by atoms with E-state index in [-0.39, 0.29) is 0 Å². The first-order valence-corrected chi connectivity index (χ1v) is 7.07. The Morgan fingerprint density at radius 1 is 1.26 bits per heavy atom. The van der Waals surface area contributed by atoms with Crippen molar-refractivity contribution in [3.8, 4) is 0 Å². The number of anilines is 1. The number of aryl methyl sites for hydroxylation is 2. The third kappa shape index (κ3) is 6.67. The quantitative estimate of drug-likeness (QED) is 0.851. The van der Waals surface area contributed by atoms with Gasteiger partial charge in [-0.1, -0.05) is 13.8 Å². The summed E-state index contributed by atoms with van der Waals surface area (Å²) in [6, 6.07) is 4.04. The summed E-state index contributed by atoms with van der Waals surface area (Å²) in [6.07, 6.45) is 0.733. The maximum absolute atomic E-state index is 9.81. The summed E-state index contributed by atoms with van der Waals surface area (Å²) < 4.78 is 0. The summed E-state index contributed by atoms with van der Waals surface area (Å²) in [5.41, 5.74) is 5.37. The Morgan fingerprint density at radius 2 is 1.95 bits per heavy atom. The van der Waals surface area contributed by atoms with Crippen LogP contribution < -0.4 is 5.32 Å². The first-order chi connectivity index (χ1) is 9.17. The minimum Gasteiger partial charge on any atom is -0.387 e. The molecule has 0 atom stereocenters. The molecule has 0 bridgehead atoms. The highest BCUT2D eigenvalue weighted by atomic mass is 32.1. The smallest absolute Gasteiger partial charge is 0.169 e. The highest BCUT2D eigenvalue weighted by Gasteiger charge is 1.94. The number of pyridine rings is 1. The molecule has 0 saturated carbocycles. The average molecular weight is 279 g/mol. The van der Waals surface area contributed by atoms with Gasteiger partial charge in [-0.15, -0.1) is 11.3 Å². The van der Waals surface area contributed by atoms with E-state index in [1.165, 1.54) is 11.3 Å². The predicted molar refractivity (Wildman–Crippen MR) is 82.1 cm³/mol. The lowest BCUT2D eigenvalue weighted by Gasteiger charge is -2.03. The molecule has 2 heterocycles. The summed E-state index contributed by atoms with van der Waals surface area (Å²) in [5, 5.41) is 4.76. The van der Waals surface area contributed by atoms with E-state index in [4.69, 9.17) is 0 Å².